The third kappa shape index (κ3) is 4.10. The van der Waals surface area contributed by atoms with Gasteiger partial charge in [-0.2, -0.15) is 0 Å². The van der Waals surface area contributed by atoms with Crippen LogP contribution >= 0.6 is 0 Å². The van der Waals surface area contributed by atoms with Crippen LogP contribution in [-0.2, 0) is 0 Å². The summed E-state index contributed by atoms with van der Waals surface area (Å²) >= 11 is 0. The largest absolute Gasteiger partial charge is 0.493 e. The number of hydrogen-bond donors (Lipinski definition) is 0. The number of rotatable bonds is 6. The highest BCUT2D eigenvalue weighted by Crippen LogP contribution is 2.27. The number of ether oxygens (including phenoxy) is 2. The van der Waals surface area contributed by atoms with E-state index in [4.69, 9.17) is 9.47 Å². The van der Waals surface area contributed by atoms with Gasteiger partial charge >= 0.3 is 0 Å². The minimum Gasteiger partial charge on any atom is -0.493 e. The first-order valence-electron chi connectivity index (χ1n) is 8.48. The zero-order valence-electron chi connectivity index (χ0n) is 14.3. The number of likely N-dealkylation sites (tertiary alicyclic amines) is 1. The number of hydrogen-bond acceptors (Lipinski definition) is 3. The fourth-order valence-corrected chi connectivity index (χ4v) is 3.13. The molecule has 1 heterocycles. The van der Waals surface area contributed by atoms with Gasteiger partial charge in [0.15, 0.2) is 11.5 Å². The Morgan fingerprint density at radius 1 is 1.16 bits per heavy atom. The molecule has 1 aliphatic rings. The van der Waals surface area contributed by atoms with Crippen LogP contribution in [0.5, 0.6) is 11.5 Å². The highest BCUT2D eigenvalue weighted by molar-refractivity contribution is 5.94. The molecule has 132 valence electrons. The summed E-state index contributed by atoms with van der Waals surface area (Å²) < 4.78 is 24.8. The van der Waals surface area contributed by atoms with Crippen LogP contribution in [0.25, 0.3) is 0 Å². The number of benzene rings is 2. The summed E-state index contributed by atoms with van der Waals surface area (Å²) in [5, 5.41) is 0. The van der Waals surface area contributed by atoms with Crippen molar-refractivity contribution in [3.8, 4) is 11.5 Å². The lowest BCUT2D eigenvalue weighted by Crippen LogP contribution is -2.29. The van der Waals surface area contributed by atoms with Crippen molar-refractivity contribution in [2.75, 3.05) is 26.8 Å². The molecule has 3 rings (SSSR count). The fraction of sp³-hybridized carbons (Fsp3) is 0.350. The van der Waals surface area contributed by atoms with Crippen LogP contribution in [0.15, 0.2) is 48.5 Å². The first-order valence-corrected chi connectivity index (χ1v) is 8.48. The summed E-state index contributed by atoms with van der Waals surface area (Å²) in [6.07, 6.45) is 1.76. The molecule has 1 saturated heterocycles. The number of carbonyl (C=O) groups is 1. The minimum atomic E-state index is -0.463. The Hall–Kier alpha value is -2.56. The Morgan fingerprint density at radius 3 is 2.64 bits per heavy atom. The average Bonchev–Trinajstić information content (AvgIpc) is 3.11. The van der Waals surface area contributed by atoms with Gasteiger partial charge in [0.05, 0.1) is 19.3 Å². The lowest BCUT2D eigenvalue weighted by molar-refractivity contribution is 0.0780. The first-order chi connectivity index (χ1) is 12.2. The molecular weight excluding hydrogens is 321 g/mol. The van der Waals surface area contributed by atoms with E-state index in [1.54, 1.807) is 24.1 Å². The predicted molar refractivity (Wildman–Crippen MR) is 93.5 cm³/mol. The molecule has 0 bridgehead atoms. The van der Waals surface area contributed by atoms with E-state index in [9.17, 15) is 9.18 Å². The highest BCUT2D eigenvalue weighted by atomic mass is 19.1. The minimum absolute atomic E-state index is 0.147. The zero-order valence-corrected chi connectivity index (χ0v) is 14.3. The molecule has 0 N–H and O–H groups in total. The number of halogens is 1. The summed E-state index contributed by atoms with van der Waals surface area (Å²) in [5.41, 5.74) is 0.147. The zero-order chi connectivity index (χ0) is 17.6. The van der Waals surface area contributed by atoms with Crippen molar-refractivity contribution in [2.24, 2.45) is 5.92 Å². The molecule has 0 radical (unpaired) electrons. The Kier molecular flexibility index (Phi) is 5.53. The van der Waals surface area contributed by atoms with Crippen molar-refractivity contribution < 1.29 is 18.7 Å². The average molecular weight is 343 g/mol. The van der Waals surface area contributed by atoms with Crippen molar-refractivity contribution in [3.05, 3.63) is 59.9 Å². The maximum atomic E-state index is 13.8. The van der Waals surface area contributed by atoms with Gasteiger partial charge in [0.25, 0.3) is 5.91 Å². The molecule has 0 aromatic heterocycles. The maximum absolute atomic E-state index is 13.8. The number of nitrogens with zero attached hydrogens (tertiary/aromatic N) is 1. The lowest BCUT2D eigenvalue weighted by atomic mass is 10.1. The number of carbonyl (C=O) groups excluding carboxylic acids is 1. The summed E-state index contributed by atoms with van der Waals surface area (Å²) in [4.78, 5) is 14.2. The molecule has 1 aliphatic heterocycles. The summed E-state index contributed by atoms with van der Waals surface area (Å²) in [7, 11) is 1.62. The van der Waals surface area contributed by atoms with E-state index in [0.717, 1.165) is 18.6 Å². The molecule has 0 saturated carbocycles. The van der Waals surface area contributed by atoms with E-state index >= 15 is 0 Å². The molecule has 4 nitrogen and oxygen atoms in total. The van der Waals surface area contributed by atoms with Crippen LogP contribution in [0.2, 0.25) is 0 Å². The fourth-order valence-electron chi connectivity index (χ4n) is 3.13. The van der Waals surface area contributed by atoms with Crippen molar-refractivity contribution >= 4 is 5.91 Å². The van der Waals surface area contributed by atoms with E-state index in [0.29, 0.717) is 31.4 Å². The van der Waals surface area contributed by atoms with Gasteiger partial charge in [-0.3, -0.25) is 4.79 Å². The standard InChI is InChI=1S/C20H22FNO3/c1-24-18-8-4-5-9-19(18)25-13-11-15-10-12-22(14-15)20(23)16-6-2-3-7-17(16)21/h2-9,15H,10-14H2,1H3. The smallest absolute Gasteiger partial charge is 0.256 e. The second-order valence-corrected chi connectivity index (χ2v) is 6.17. The van der Waals surface area contributed by atoms with Gasteiger partial charge in [-0.1, -0.05) is 24.3 Å². The molecule has 2 aromatic carbocycles. The third-order valence-corrected chi connectivity index (χ3v) is 4.53. The third-order valence-electron chi connectivity index (χ3n) is 4.53. The summed E-state index contributed by atoms with van der Waals surface area (Å²) in [6, 6.07) is 13.7. The van der Waals surface area contributed by atoms with Crippen LogP contribution in [0.4, 0.5) is 4.39 Å². The van der Waals surface area contributed by atoms with Crippen molar-refractivity contribution in [2.45, 2.75) is 12.8 Å². The van der Waals surface area contributed by atoms with Crippen LogP contribution in [0, 0.1) is 11.7 Å². The van der Waals surface area contributed by atoms with E-state index < -0.39 is 5.82 Å². The van der Waals surface area contributed by atoms with Gasteiger partial charge in [-0.05, 0) is 43.0 Å². The molecule has 5 heteroatoms. The van der Waals surface area contributed by atoms with Gasteiger partial charge < -0.3 is 14.4 Å². The van der Waals surface area contributed by atoms with Crippen molar-refractivity contribution in [1.29, 1.82) is 0 Å². The van der Waals surface area contributed by atoms with Gasteiger partial charge in [0.2, 0.25) is 0 Å². The van der Waals surface area contributed by atoms with Crippen LogP contribution < -0.4 is 9.47 Å². The topological polar surface area (TPSA) is 38.8 Å². The molecule has 1 atom stereocenters. The SMILES string of the molecule is COc1ccccc1OCCC1CCN(C(=O)c2ccccc2F)C1. The molecular formula is C20H22FNO3. The Bertz CT molecular complexity index is 734. The quantitative estimate of drug-likeness (QED) is 0.801. The second kappa shape index (κ2) is 8.01. The molecule has 2 aromatic rings. The van der Waals surface area contributed by atoms with Crippen molar-refractivity contribution in [1.82, 2.24) is 4.90 Å². The van der Waals surface area contributed by atoms with Crippen LogP contribution in [0.3, 0.4) is 0 Å². The van der Waals surface area contributed by atoms with E-state index in [2.05, 4.69) is 0 Å². The summed E-state index contributed by atoms with van der Waals surface area (Å²) in [5.74, 6) is 1.11. The van der Waals surface area contributed by atoms with E-state index in [1.807, 2.05) is 24.3 Å². The molecule has 0 aliphatic carbocycles. The molecule has 0 spiro atoms. The monoisotopic (exact) mass is 343 g/mol. The molecule has 25 heavy (non-hydrogen) atoms. The van der Waals surface area contributed by atoms with Gasteiger partial charge in [-0.25, -0.2) is 4.39 Å². The van der Waals surface area contributed by atoms with Gasteiger partial charge in [0.1, 0.15) is 5.82 Å². The normalized spacial score (nSPS) is 16.7. The lowest BCUT2D eigenvalue weighted by Gasteiger charge is -2.17. The van der Waals surface area contributed by atoms with Gasteiger partial charge in [-0.15, -0.1) is 0 Å². The first kappa shape index (κ1) is 17.3. The van der Waals surface area contributed by atoms with Crippen molar-refractivity contribution in [3.63, 3.8) is 0 Å². The summed E-state index contributed by atoms with van der Waals surface area (Å²) in [6.45, 7) is 1.86. The molecule has 1 unspecified atom stereocenters. The van der Waals surface area contributed by atoms with E-state index in [-0.39, 0.29) is 11.5 Å². The van der Waals surface area contributed by atoms with Crippen LogP contribution in [-0.4, -0.2) is 37.6 Å². The maximum Gasteiger partial charge on any atom is 0.256 e. The number of para-hydroxylation sites is 2. The number of methoxy groups -OCH3 is 1. The van der Waals surface area contributed by atoms with E-state index in [1.165, 1.54) is 12.1 Å². The Balaban J connectivity index is 1.50. The molecule has 1 amide bonds. The molecule has 1 fully saturated rings. The number of amides is 1. The van der Waals surface area contributed by atoms with Gasteiger partial charge in [0, 0.05) is 13.1 Å². The van der Waals surface area contributed by atoms with Crippen LogP contribution in [0.1, 0.15) is 23.2 Å². The predicted octanol–water partition coefficient (Wildman–Crippen LogP) is 3.77. The second-order valence-electron chi connectivity index (χ2n) is 6.17. The highest BCUT2D eigenvalue weighted by Gasteiger charge is 2.28. The Labute approximate surface area is 147 Å². The Morgan fingerprint density at radius 2 is 1.88 bits per heavy atom.